The van der Waals surface area contributed by atoms with E-state index in [0.29, 0.717) is 6.04 Å². The molecule has 2 nitrogen and oxygen atoms in total. The summed E-state index contributed by atoms with van der Waals surface area (Å²) < 4.78 is 0. The third kappa shape index (κ3) is 2.91. The van der Waals surface area contributed by atoms with E-state index in [1.807, 2.05) is 12.1 Å². The molecule has 0 aliphatic carbocycles. The van der Waals surface area contributed by atoms with E-state index in [4.69, 9.17) is 11.6 Å². The first kappa shape index (κ1) is 12.5. The molecule has 1 saturated heterocycles. The molecule has 3 rings (SSSR count). The highest BCUT2D eigenvalue weighted by molar-refractivity contribution is 6.30. The SMILES string of the molecule is Clc1ccc(C2CN(c3ccccc3)CCN2)cc1. The molecule has 98 valence electrons. The fraction of sp³-hybridized carbons (Fsp3) is 0.250. The van der Waals surface area contributed by atoms with Gasteiger partial charge in [0.25, 0.3) is 0 Å². The van der Waals surface area contributed by atoms with Crippen molar-refractivity contribution in [3.63, 3.8) is 0 Å². The Labute approximate surface area is 119 Å². The number of hydrogen-bond donors (Lipinski definition) is 1. The highest BCUT2D eigenvalue weighted by Crippen LogP contribution is 2.23. The van der Waals surface area contributed by atoms with Crippen LogP contribution in [0.25, 0.3) is 0 Å². The van der Waals surface area contributed by atoms with Gasteiger partial charge in [-0.25, -0.2) is 0 Å². The van der Waals surface area contributed by atoms with Crippen LogP contribution in [0.1, 0.15) is 11.6 Å². The minimum atomic E-state index is 0.367. The lowest BCUT2D eigenvalue weighted by atomic mass is 10.0. The second kappa shape index (κ2) is 5.64. The number of halogens is 1. The molecule has 19 heavy (non-hydrogen) atoms. The molecule has 1 atom stereocenters. The van der Waals surface area contributed by atoms with Crippen LogP contribution in [0.3, 0.4) is 0 Å². The van der Waals surface area contributed by atoms with Crippen molar-refractivity contribution in [3.8, 4) is 0 Å². The Morgan fingerprint density at radius 1 is 1.00 bits per heavy atom. The Balaban J connectivity index is 1.76. The lowest BCUT2D eigenvalue weighted by Gasteiger charge is -2.35. The summed E-state index contributed by atoms with van der Waals surface area (Å²) in [5, 5.41) is 4.36. The van der Waals surface area contributed by atoms with Gasteiger partial charge in [-0.05, 0) is 29.8 Å². The Morgan fingerprint density at radius 3 is 2.47 bits per heavy atom. The van der Waals surface area contributed by atoms with Crippen molar-refractivity contribution >= 4 is 17.3 Å². The lowest BCUT2D eigenvalue weighted by Crippen LogP contribution is -2.45. The second-order valence-corrected chi connectivity index (χ2v) is 5.28. The molecule has 2 aromatic rings. The van der Waals surface area contributed by atoms with Crippen LogP contribution in [0.2, 0.25) is 5.02 Å². The first-order chi connectivity index (χ1) is 9.33. The summed E-state index contributed by atoms with van der Waals surface area (Å²) in [6, 6.07) is 19.1. The van der Waals surface area contributed by atoms with E-state index in [0.717, 1.165) is 24.7 Å². The average Bonchev–Trinajstić information content (AvgIpc) is 2.49. The van der Waals surface area contributed by atoms with E-state index in [9.17, 15) is 0 Å². The van der Waals surface area contributed by atoms with Gasteiger partial charge in [0, 0.05) is 36.4 Å². The Morgan fingerprint density at radius 2 is 1.74 bits per heavy atom. The van der Waals surface area contributed by atoms with E-state index in [1.54, 1.807) is 0 Å². The van der Waals surface area contributed by atoms with Crippen LogP contribution in [-0.4, -0.2) is 19.6 Å². The number of hydrogen-bond acceptors (Lipinski definition) is 2. The zero-order valence-corrected chi connectivity index (χ0v) is 11.5. The van der Waals surface area contributed by atoms with Gasteiger partial charge in [0.2, 0.25) is 0 Å². The van der Waals surface area contributed by atoms with Crippen molar-refractivity contribution < 1.29 is 0 Å². The van der Waals surface area contributed by atoms with Crippen molar-refractivity contribution in [1.29, 1.82) is 0 Å². The van der Waals surface area contributed by atoms with Crippen LogP contribution in [0.5, 0.6) is 0 Å². The zero-order chi connectivity index (χ0) is 13.1. The first-order valence-electron chi connectivity index (χ1n) is 6.62. The van der Waals surface area contributed by atoms with E-state index < -0.39 is 0 Å². The van der Waals surface area contributed by atoms with Gasteiger partial charge < -0.3 is 10.2 Å². The van der Waals surface area contributed by atoms with Gasteiger partial charge in [-0.2, -0.15) is 0 Å². The standard InChI is InChI=1S/C16H17ClN2/c17-14-8-6-13(7-9-14)16-12-19(11-10-18-16)15-4-2-1-3-5-15/h1-9,16,18H,10-12H2. The fourth-order valence-electron chi connectivity index (χ4n) is 2.54. The van der Waals surface area contributed by atoms with E-state index in [-0.39, 0.29) is 0 Å². The van der Waals surface area contributed by atoms with Gasteiger partial charge in [0.15, 0.2) is 0 Å². The van der Waals surface area contributed by atoms with Crippen LogP contribution in [0, 0.1) is 0 Å². The quantitative estimate of drug-likeness (QED) is 0.900. The molecule has 1 N–H and O–H groups in total. The van der Waals surface area contributed by atoms with E-state index in [1.165, 1.54) is 11.3 Å². The number of anilines is 1. The van der Waals surface area contributed by atoms with E-state index >= 15 is 0 Å². The van der Waals surface area contributed by atoms with Crippen LogP contribution in [0.15, 0.2) is 54.6 Å². The summed E-state index contributed by atoms with van der Waals surface area (Å²) in [5.41, 5.74) is 2.59. The van der Waals surface area contributed by atoms with Gasteiger partial charge in [-0.3, -0.25) is 0 Å². The van der Waals surface area contributed by atoms with Gasteiger partial charge in [0.1, 0.15) is 0 Å². The lowest BCUT2D eigenvalue weighted by molar-refractivity contribution is 0.472. The molecular weight excluding hydrogens is 256 g/mol. The highest BCUT2D eigenvalue weighted by Gasteiger charge is 2.20. The van der Waals surface area contributed by atoms with Crippen molar-refractivity contribution in [1.82, 2.24) is 5.32 Å². The first-order valence-corrected chi connectivity index (χ1v) is 6.99. The van der Waals surface area contributed by atoms with Crippen molar-refractivity contribution in [2.75, 3.05) is 24.5 Å². The van der Waals surface area contributed by atoms with Gasteiger partial charge >= 0.3 is 0 Å². The van der Waals surface area contributed by atoms with Crippen LogP contribution >= 0.6 is 11.6 Å². The maximum absolute atomic E-state index is 5.94. The number of nitrogens with zero attached hydrogens (tertiary/aromatic N) is 1. The molecule has 3 heteroatoms. The Kier molecular flexibility index (Phi) is 3.72. The van der Waals surface area contributed by atoms with Gasteiger partial charge in [-0.1, -0.05) is 41.9 Å². The largest absolute Gasteiger partial charge is 0.368 e. The van der Waals surface area contributed by atoms with Crippen LogP contribution in [0.4, 0.5) is 5.69 Å². The summed E-state index contributed by atoms with van der Waals surface area (Å²) in [6.45, 7) is 3.04. The molecule has 0 aromatic heterocycles. The maximum Gasteiger partial charge on any atom is 0.0498 e. The number of benzene rings is 2. The molecule has 1 aliphatic rings. The molecule has 0 radical (unpaired) electrons. The molecule has 1 aliphatic heterocycles. The molecule has 1 heterocycles. The number of piperazine rings is 1. The maximum atomic E-state index is 5.94. The normalized spacial score (nSPS) is 19.4. The van der Waals surface area contributed by atoms with E-state index in [2.05, 4.69) is 52.7 Å². The van der Waals surface area contributed by atoms with Crippen LogP contribution < -0.4 is 10.2 Å². The molecule has 1 unspecified atom stereocenters. The molecule has 0 amide bonds. The molecular formula is C16H17ClN2. The Hall–Kier alpha value is -1.51. The Bertz CT molecular complexity index is 524. The smallest absolute Gasteiger partial charge is 0.0498 e. The predicted molar refractivity (Wildman–Crippen MR) is 80.9 cm³/mol. The minimum Gasteiger partial charge on any atom is -0.368 e. The summed E-state index contributed by atoms with van der Waals surface area (Å²) in [5.74, 6) is 0. The third-order valence-corrected chi connectivity index (χ3v) is 3.82. The average molecular weight is 273 g/mol. The molecule has 0 bridgehead atoms. The van der Waals surface area contributed by atoms with Crippen molar-refractivity contribution in [2.45, 2.75) is 6.04 Å². The fourth-order valence-corrected chi connectivity index (χ4v) is 2.67. The summed E-state index contributed by atoms with van der Waals surface area (Å²) in [7, 11) is 0. The number of rotatable bonds is 2. The minimum absolute atomic E-state index is 0.367. The zero-order valence-electron chi connectivity index (χ0n) is 10.7. The predicted octanol–water partition coefficient (Wildman–Crippen LogP) is 3.49. The molecule has 1 fully saturated rings. The molecule has 2 aromatic carbocycles. The summed E-state index contributed by atoms with van der Waals surface area (Å²) >= 11 is 5.94. The van der Waals surface area contributed by atoms with Crippen LogP contribution in [-0.2, 0) is 0 Å². The number of nitrogens with one attached hydrogen (secondary N) is 1. The third-order valence-electron chi connectivity index (χ3n) is 3.57. The topological polar surface area (TPSA) is 15.3 Å². The number of para-hydroxylation sites is 1. The van der Waals surface area contributed by atoms with Gasteiger partial charge in [-0.15, -0.1) is 0 Å². The molecule has 0 saturated carbocycles. The van der Waals surface area contributed by atoms with Crippen molar-refractivity contribution in [3.05, 3.63) is 65.2 Å². The second-order valence-electron chi connectivity index (χ2n) is 4.84. The van der Waals surface area contributed by atoms with Gasteiger partial charge in [0.05, 0.1) is 0 Å². The summed E-state index contributed by atoms with van der Waals surface area (Å²) in [6.07, 6.45) is 0. The monoisotopic (exact) mass is 272 g/mol. The van der Waals surface area contributed by atoms with Crippen molar-refractivity contribution in [2.24, 2.45) is 0 Å². The summed E-state index contributed by atoms with van der Waals surface area (Å²) in [4.78, 5) is 2.43. The highest BCUT2D eigenvalue weighted by atomic mass is 35.5. The molecule has 0 spiro atoms.